The highest BCUT2D eigenvalue weighted by molar-refractivity contribution is 5.95. The van der Waals surface area contributed by atoms with Gasteiger partial charge in [-0.3, -0.25) is 9.59 Å². The third-order valence-electron chi connectivity index (χ3n) is 4.27. The smallest absolute Gasteiger partial charge is 0.252 e. The number of carbonyl (C=O) groups is 2. The minimum absolute atomic E-state index is 0.298. The Morgan fingerprint density at radius 3 is 2.55 bits per heavy atom. The molecule has 1 heterocycles. The number of hydrogen-bond acceptors (Lipinski definition) is 4. The Balaban J connectivity index is 1.61. The number of benzene rings is 1. The largest absolute Gasteiger partial charge is 0.468 e. The molecule has 2 atom stereocenters. The number of hydrogen-bond donors (Lipinski definition) is 3. The fraction of sp³-hybridized carbons (Fsp3) is 0.500. The van der Waals surface area contributed by atoms with Gasteiger partial charge in [0.05, 0.1) is 0 Å². The highest BCUT2D eigenvalue weighted by atomic mass is 16.5. The number of nitrogens with one attached hydrogen (secondary N) is 2. The van der Waals surface area contributed by atoms with E-state index < -0.39 is 23.8 Å². The first-order chi connectivity index (χ1) is 10.6. The van der Waals surface area contributed by atoms with E-state index in [1.165, 1.54) is 0 Å². The Morgan fingerprint density at radius 2 is 1.91 bits per heavy atom. The predicted octanol–water partition coefficient (Wildman–Crippen LogP) is 0.701. The van der Waals surface area contributed by atoms with Gasteiger partial charge in [0.1, 0.15) is 11.4 Å². The van der Waals surface area contributed by atoms with Crippen molar-refractivity contribution in [2.75, 3.05) is 0 Å². The molecule has 0 spiro atoms. The second kappa shape index (κ2) is 5.96. The third kappa shape index (κ3) is 2.92. The Kier molecular flexibility index (Phi) is 4.02. The second-order valence-corrected chi connectivity index (χ2v) is 5.90. The van der Waals surface area contributed by atoms with Crippen molar-refractivity contribution in [3.05, 3.63) is 30.3 Å². The van der Waals surface area contributed by atoms with E-state index in [0.29, 0.717) is 18.6 Å². The van der Waals surface area contributed by atoms with Crippen molar-refractivity contribution >= 4 is 11.8 Å². The monoisotopic (exact) mass is 304 g/mol. The van der Waals surface area contributed by atoms with E-state index in [4.69, 9.17) is 4.74 Å². The van der Waals surface area contributed by atoms with E-state index in [1.807, 2.05) is 18.2 Å². The van der Waals surface area contributed by atoms with E-state index in [0.717, 1.165) is 19.3 Å². The lowest BCUT2D eigenvalue weighted by molar-refractivity contribution is -0.152. The Labute approximate surface area is 128 Å². The van der Waals surface area contributed by atoms with Gasteiger partial charge in [-0.25, -0.2) is 0 Å². The normalized spacial score (nSPS) is 26.5. The SMILES string of the molecule is O=C1N[C@H](Oc2ccccc2)[C@@H]1NC(=O)C1(O)CCCCC1. The molecular weight excluding hydrogens is 284 g/mol. The molecule has 0 unspecified atom stereocenters. The zero-order chi connectivity index (χ0) is 15.6. The van der Waals surface area contributed by atoms with Crippen molar-refractivity contribution in [3.8, 4) is 5.75 Å². The summed E-state index contributed by atoms with van der Waals surface area (Å²) in [6.45, 7) is 0. The van der Waals surface area contributed by atoms with Crippen molar-refractivity contribution < 1.29 is 19.4 Å². The Hall–Kier alpha value is -2.08. The highest BCUT2D eigenvalue weighted by Gasteiger charge is 2.46. The van der Waals surface area contributed by atoms with Gasteiger partial charge in [0, 0.05) is 0 Å². The summed E-state index contributed by atoms with van der Waals surface area (Å²) in [6.07, 6.45) is 2.95. The zero-order valence-electron chi connectivity index (χ0n) is 12.2. The van der Waals surface area contributed by atoms with Gasteiger partial charge in [-0.15, -0.1) is 0 Å². The van der Waals surface area contributed by atoms with E-state index >= 15 is 0 Å². The maximum Gasteiger partial charge on any atom is 0.252 e. The molecule has 3 rings (SSSR count). The van der Waals surface area contributed by atoms with Crippen LogP contribution in [-0.2, 0) is 9.59 Å². The molecular formula is C16H20N2O4. The van der Waals surface area contributed by atoms with Gasteiger partial charge in [-0.1, -0.05) is 37.5 Å². The summed E-state index contributed by atoms with van der Waals surface area (Å²) < 4.78 is 5.63. The molecule has 6 heteroatoms. The van der Waals surface area contributed by atoms with Crippen LogP contribution in [0.15, 0.2) is 30.3 Å². The van der Waals surface area contributed by atoms with E-state index in [-0.39, 0.29) is 5.91 Å². The van der Waals surface area contributed by atoms with E-state index in [1.54, 1.807) is 12.1 Å². The molecule has 3 N–H and O–H groups in total. The Morgan fingerprint density at radius 1 is 1.23 bits per heavy atom. The quantitative estimate of drug-likeness (QED) is 0.715. The lowest BCUT2D eigenvalue weighted by atomic mass is 9.84. The summed E-state index contributed by atoms with van der Waals surface area (Å²) in [5.74, 6) is -0.162. The molecule has 0 radical (unpaired) electrons. The highest BCUT2D eigenvalue weighted by Crippen LogP contribution is 2.28. The molecule has 1 aliphatic carbocycles. The fourth-order valence-corrected chi connectivity index (χ4v) is 2.88. The van der Waals surface area contributed by atoms with Gasteiger partial charge in [0.25, 0.3) is 11.8 Å². The van der Waals surface area contributed by atoms with Crippen molar-refractivity contribution in [3.63, 3.8) is 0 Å². The number of amides is 2. The van der Waals surface area contributed by atoms with Crippen LogP contribution in [0.2, 0.25) is 0 Å². The standard InChI is InChI=1S/C16H20N2O4/c19-13-12(14(18-13)22-11-7-3-1-4-8-11)17-15(20)16(21)9-5-2-6-10-16/h1,3-4,7-8,12,14,21H,2,5-6,9-10H2,(H,17,20)(H,18,19)/t12-,14-/m1/s1. The van der Waals surface area contributed by atoms with Crippen LogP contribution in [0.1, 0.15) is 32.1 Å². The molecule has 1 aliphatic heterocycles. The van der Waals surface area contributed by atoms with Gasteiger partial charge in [-0.05, 0) is 25.0 Å². The topological polar surface area (TPSA) is 87.7 Å². The molecule has 0 bridgehead atoms. The molecule has 0 aromatic heterocycles. The molecule has 6 nitrogen and oxygen atoms in total. The first-order valence-electron chi connectivity index (χ1n) is 7.64. The summed E-state index contributed by atoms with van der Waals surface area (Å²) >= 11 is 0. The number of para-hydroxylation sites is 1. The number of ether oxygens (including phenoxy) is 1. The predicted molar refractivity (Wildman–Crippen MR) is 79.0 cm³/mol. The minimum atomic E-state index is -1.36. The van der Waals surface area contributed by atoms with Crippen LogP contribution in [0.25, 0.3) is 0 Å². The molecule has 2 amide bonds. The second-order valence-electron chi connectivity index (χ2n) is 5.90. The van der Waals surface area contributed by atoms with Crippen molar-refractivity contribution in [1.82, 2.24) is 10.6 Å². The number of β-lactam (4-membered cyclic amide) rings is 1. The first-order valence-corrected chi connectivity index (χ1v) is 7.64. The maximum atomic E-state index is 12.3. The lowest BCUT2D eigenvalue weighted by Crippen LogP contribution is -2.72. The van der Waals surface area contributed by atoms with Crippen LogP contribution >= 0.6 is 0 Å². The zero-order valence-corrected chi connectivity index (χ0v) is 12.2. The van der Waals surface area contributed by atoms with E-state index in [2.05, 4.69) is 10.6 Å². The first kappa shape index (κ1) is 14.8. The lowest BCUT2D eigenvalue weighted by Gasteiger charge is -2.39. The summed E-state index contributed by atoms with van der Waals surface area (Å²) in [6, 6.07) is 8.31. The molecule has 1 aromatic carbocycles. The number of rotatable bonds is 4. The van der Waals surface area contributed by atoms with Crippen LogP contribution in [0.3, 0.4) is 0 Å². The third-order valence-corrected chi connectivity index (χ3v) is 4.27. The van der Waals surface area contributed by atoms with Crippen LogP contribution in [0.5, 0.6) is 5.75 Å². The number of aliphatic hydroxyl groups is 1. The average molecular weight is 304 g/mol. The van der Waals surface area contributed by atoms with Crippen LogP contribution in [0, 0.1) is 0 Å². The summed E-state index contributed by atoms with van der Waals surface area (Å²) in [7, 11) is 0. The minimum Gasteiger partial charge on any atom is -0.468 e. The van der Waals surface area contributed by atoms with Crippen LogP contribution < -0.4 is 15.4 Å². The van der Waals surface area contributed by atoms with Gasteiger partial charge in [0.15, 0.2) is 6.04 Å². The molecule has 1 aromatic rings. The molecule has 1 saturated carbocycles. The van der Waals surface area contributed by atoms with E-state index in [9.17, 15) is 14.7 Å². The molecule has 118 valence electrons. The van der Waals surface area contributed by atoms with Crippen LogP contribution in [-0.4, -0.2) is 34.8 Å². The molecule has 22 heavy (non-hydrogen) atoms. The van der Waals surface area contributed by atoms with Gasteiger partial charge in [-0.2, -0.15) is 0 Å². The summed E-state index contributed by atoms with van der Waals surface area (Å²) in [4.78, 5) is 23.9. The fourth-order valence-electron chi connectivity index (χ4n) is 2.88. The number of carbonyl (C=O) groups excluding carboxylic acids is 2. The Bertz CT molecular complexity index is 555. The van der Waals surface area contributed by atoms with Crippen molar-refractivity contribution in [1.29, 1.82) is 0 Å². The van der Waals surface area contributed by atoms with Gasteiger partial charge < -0.3 is 20.5 Å². The van der Waals surface area contributed by atoms with Gasteiger partial charge >= 0.3 is 0 Å². The summed E-state index contributed by atoms with van der Waals surface area (Å²) in [5.41, 5.74) is -1.36. The van der Waals surface area contributed by atoms with Crippen LogP contribution in [0.4, 0.5) is 0 Å². The average Bonchev–Trinajstić information content (AvgIpc) is 2.53. The summed E-state index contributed by atoms with van der Waals surface area (Å²) in [5, 5.41) is 15.6. The van der Waals surface area contributed by atoms with Crippen molar-refractivity contribution in [2.24, 2.45) is 0 Å². The maximum absolute atomic E-state index is 12.3. The van der Waals surface area contributed by atoms with Gasteiger partial charge in [0.2, 0.25) is 6.23 Å². The molecule has 2 aliphatic rings. The van der Waals surface area contributed by atoms with Crippen molar-refractivity contribution in [2.45, 2.75) is 50.0 Å². The molecule has 2 fully saturated rings. The molecule has 1 saturated heterocycles.